The molecule has 2 heterocycles. The minimum atomic E-state index is -0.878. The smallest absolute Gasteiger partial charge is 0.251 e. The van der Waals surface area contributed by atoms with Gasteiger partial charge in [0.25, 0.3) is 5.91 Å². The molecular weight excluding hydrogens is 580 g/mol. The number of carbonyl (C=O) groups is 3. The lowest BCUT2D eigenvalue weighted by Crippen LogP contribution is -2.75. The van der Waals surface area contributed by atoms with Crippen LogP contribution < -0.4 is 15.4 Å². The summed E-state index contributed by atoms with van der Waals surface area (Å²) in [6, 6.07) is 14.1. The fourth-order valence-corrected chi connectivity index (χ4v) is 6.56. The molecule has 1 spiro atoms. The summed E-state index contributed by atoms with van der Waals surface area (Å²) in [5, 5.41) is 16.7. The third kappa shape index (κ3) is 7.28. The minimum absolute atomic E-state index is 0. The van der Waals surface area contributed by atoms with Gasteiger partial charge in [0.1, 0.15) is 23.1 Å². The van der Waals surface area contributed by atoms with Crippen molar-refractivity contribution in [3.63, 3.8) is 0 Å². The number of rotatable bonds is 10. The highest BCUT2D eigenvalue weighted by atomic mass is 35.5. The third-order valence-corrected chi connectivity index (χ3v) is 9.22. The third-order valence-electron chi connectivity index (χ3n) is 9.22. The molecule has 2 fully saturated rings. The van der Waals surface area contributed by atoms with E-state index in [1.807, 2.05) is 29.2 Å². The van der Waals surface area contributed by atoms with Crippen LogP contribution in [0.25, 0.3) is 0 Å². The maximum atomic E-state index is 13.8. The highest BCUT2D eigenvalue weighted by Crippen LogP contribution is 2.36. The van der Waals surface area contributed by atoms with Crippen LogP contribution in [0.1, 0.15) is 67.8 Å². The number of piperidine rings is 1. The van der Waals surface area contributed by atoms with Crippen LogP contribution in [0.4, 0.5) is 0 Å². The van der Waals surface area contributed by atoms with Crippen LogP contribution in [0.15, 0.2) is 60.7 Å². The summed E-state index contributed by atoms with van der Waals surface area (Å²) in [5.74, 6) is 0.943. The zero-order valence-electron chi connectivity index (χ0n) is 25.7. The lowest BCUT2D eigenvalue weighted by Gasteiger charge is -2.52. The van der Waals surface area contributed by atoms with Crippen LogP contribution >= 0.6 is 12.4 Å². The van der Waals surface area contributed by atoms with Crippen molar-refractivity contribution in [2.45, 2.75) is 76.1 Å². The van der Waals surface area contributed by atoms with Crippen LogP contribution in [0.3, 0.4) is 0 Å². The Bertz CT molecular complexity index is 1310. The topological polar surface area (TPSA) is 111 Å². The Balaban J connectivity index is 0.00000442. The molecule has 2 aliphatic heterocycles. The van der Waals surface area contributed by atoms with E-state index in [1.54, 1.807) is 31.3 Å². The average Bonchev–Trinajstić information content (AvgIpc) is 3.04. The number of ether oxygens (including phenoxy) is 1. The average molecular weight is 625 g/mol. The molecule has 0 bridgehead atoms. The molecule has 2 aromatic carbocycles. The molecule has 10 heteroatoms. The normalized spacial score (nSPS) is 22.2. The van der Waals surface area contributed by atoms with E-state index < -0.39 is 17.7 Å². The number of nitrogens with one attached hydrogen (secondary N) is 2. The number of allylic oxidation sites excluding steroid dienone is 2. The van der Waals surface area contributed by atoms with Gasteiger partial charge in [0, 0.05) is 38.8 Å². The highest BCUT2D eigenvalue weighted by molar-refractivity contribution is 6.00. The van der Waals surface area contributed by atoms with Crippen molar-refractivity contribution < 1.29 is 24.2 Å². The fraction of sp³-hybridized carbons (Fsp3) is 0.500. The fourth-order valence-electron chi connectivity index (χ4n) is 6.56. The lowest BCUT2D eigenvalue weighted by atomic mass is 9.78. The largest absolute Gasteiger partial charge is 0.457 e. The monoisotopic (exact) mass is 624 g/mol. The number of aliphatic hydroxyl groups excluding tert-OH is 1. The van der Waals surface area contributed by atoms with Crippen molar-refractivity contribution in [3.8, 4) is 11.5 Å². The predicted octanol–water partition coefficient (Wildman–Crippen LogP) is 4.44. The van der Waals surface area contributed by atoms with Gasteiger partial charge in [-0.2, -0.15) is 0 Å². The molecule has 9 nitrogen and oxygen atoms in total. The van der Waals surface area contributed by atoms with Crippen molar-refractivity contribution in [2.75, 3.05) is 26.7 Å². The van der Waals surface area contributed by atoms with Gasteiger partial charge in [-0.3, -0.25) is 19.3 Å². The Morgan fingerprint density at radius 3 is 2.32 bits per heavy atom. The van der Waals surface area contributed by atoms with E-state index in [-0.39, 0.29) is 36.0 Å². The number of carbonyl (C=O) groups excluding carboxylic acids is 3. The summed E-state index contributed by atoms with van der Waals surface area (Å²) in [6.07, 6.45) is 8.62. The van der Waals surface area contributed by atoms with Gasteiger partial charge in [-0.15, -0.1) is 12.4 Å². The summed E-state index contributed by atoms with van der Waals surface area (Å²) in [5.41, 5.74) is 0.845. The molecule has 0 aromatic heterocycles. The van der Waals surface area contributed by atoms with Crippen LogP contribution in [-0.2, 0) is 16.1 Å². The number of aliphatic hydroxyl groups is 1. The van der Waals surface area contributed by atoms with Gasteiger partial charge in [0.2, 0.25) is 11.8 Å². The van der Waals surface area contributed by atoms with Gasteiger partial charge in [0.05, 0.1) is 6.10 Å². The zero-order valence-corrected chi connectivity index (χ0v) is 26.5. The molecule has 2 aromatic rings. The van der Waals surface area contributed by atoms with Gasteiger partial charge < -0.3 is 25.4 Å². The minimum Gasteiger partial charge on any atom is -0.457 e. The van der Waals surface area contributed by atoms with Gasteiger partial charge >= 0.3 is 0 Å². The number of unbranched alkanes of at least 4 members (excludes halogenated alkanes) is 1. The van der Waals surface area contributed by atoms with Crippen molar-refractivity contribution in [3.05, 3.63) is 71.8 Å². The highest BCUT2D eigenvalue weighted by Gasteiger charge is 2.55. The molecule has 238 valence electrons. The van der Waals surface area contributed by atoms with Crippen LogP contribution in [0, 0.1) is 5.92 Å². The van der Waals surface area contributed by atoms with Crippen LogP contribution in [0.2, 0.25) is 0 Å². The molecule has 44 heavy (non-hydrogen) atoms. The summed E-state index contributed by atoms with van der Waals surface area (Å²) in [4.78, 5) is 43.4. The molecule has 3 amide bonds. The Hall–Kier alpha value is -3.40. The SMILES string of the molecule is CCCCN1C(=O)[C@@H]([C@H](O)[C@H]2CC=CCC2)NC(=O)C12CCN(Cc1ccc(Oc3ccc(C(=O)NC)cc3)cc1)CC2.Cl. The molecule has 3 N–H and O–H groups in total. The summed E-state index contributed by atoms with van der Waals surface area (Å²) in [6.45, 7) is 4.74. The second-order valence-electron chi connectivity index (χ2n) is 12.0. The van der Waals surface area contributed by atoms with Crippen molar-refractivity contribution in [1.82, 2.24) is 20.4 Å². The van der Waals surface area contributed by atoms with Gasteiger partial charge in [-0.25, -0.2) is 0 Å². The van der Waals surface area contributed by atoms with E-state index in [1.165, 1.54) is 0 Å². The molecule has 0 radical (unpaired) electrons. The number of halogens is 1. The first-order chi connectivity index (χ1) is 20.8. The molecule has 0 unspecified atom stereocenters. The number of hydrogen-bond donors (Lipinski definition) is 3. The summed E-state index contributed by atoms with van der Waals surface area (Å²) in [7, 11) is 1.60. The van der Waals surface area contributed by atoms with E-state index in [2.05, 4.69) is 34.6 Å². The Morgan fingerprint density at radius 2 is 1.73 bits per heavy atom. The molecule has 1 aliphatic carbocycles. The number of nitrogens with zero attached hydrogens (tertiary/aromatic N) is 2. The Kier molecular flexibility index (Phi) is 11.5. The van der Waals surface area contributed by atoms with E-state index >= 15 is 0 Å². The number of hydrogen-bond acceptors (Lipinski definition) is 6. The molecule has 3 atom stereocenters. The first-order valence-corrected chi connectivity index (χ1v) is 15.6. The molecule has 0 saturated carbocycles. The van der Waals surface area contributed by atoms with Gasteiger partial charge in [-0.1, -0.05) is 37.6 Å². The van der Waals surface area contributed by atoms with Crippen LogP contribution in [-0.4, -0.2) is 77.0 Å². The number of likely N-dealkylation sites (tertiary alicyclic amines) is 1. The zero-order chi connectivity index (χ0) is 30.4. The van der Waals surface area contributed by atoms with E-state index in [9.17, 15) is 19.5 Å². The first-order valence-electron chi connectivity index (χ1n) is 15.6. The maximum Gasteiger partial charge on any atom is 0.251 e. The maximum absolute atomic E-state index is 13.8. The van der Waals surface area contributed by atoms with Crippen molar-refractivity contribution in [1.29, 1.82) is 0 Å². The molecule has 2 saturated heterocycles. The second-order valence-corrected chi connectivity index (χ2v) is 12.0. The Morgan fingerprint density at radius 1 is 1.07 bits per heavy atom. The first kappa shape index (κ1) is 33.5. The van der Waals surface area contributed by atoms with Crippen molar-refractivity contribution in [2.24, 2.45) is 5.92 Å². The summed E-state index contributed by atoms with van der Waals surface area (Å²) >= 11 is 0. The van der Waals surface area contributed by atoms with Gasteiger partial charge in [0.15, 0.2) is 0 Å². The predicted molar refractivity (Wildman–Crippen MR) is 172 cm³/mol. The van der Waals surface area contributed by atoms with E-state index in [0.717, 1.165) is 44.2 Å². The summed E-state index contributed by atoms with van der Waals surface area (Å²) < 4.78 is 5.95. The molecule has 3 aliphatic rings. The van der Waals surface area contributed by atoms with Crippen LogP contribution in [0.5, 0.6) is 11.5 Å². The van der Waals surface area contributed by atoms with E-state index in [0.29, 0.717) is 49.5 Å². The molecular formula is C34H45ClN4O5. The lowest BCUT2D eigenvalue weighted by molar-refractivity contribution is -0.165. The van der Waals surface area contributed by atoms with Crippen molar-refractivity contribution >= 4 is 30.1 Å². The second kappa shape index (κ2) is 15.1. The standard InChI is InChI=1S/C34H44N4O5.ClH/c1-3-4-20-38-32(41)29(30(39)25-8-6-5-7-9-25)36-33(42)34(38)18-21-37(22-19-34)23-24-10-14-27(15-11-24)43-28-16-12-26(13-17-28)31(40)35-2;/h5-6,10-17,25,29-30,39H,3-4,7-9,18-23H2,1-2H3,(H,35,40)(H,36,42);1H/t25-,29+,30+;/m0./s1. The quantitative estimate of drug-likeness (QED) is 0.337. The number of piperazine rings is 1. The Labute approximate surface area is 266 Å². The van der Waals surface area contributed by atoms with Gasteiger partial charge in [-0.05, 0) is 86.4 Å². The number of amides is 3. The molecule has 5 rings (SSSR count). The van der Waals surface area contributed by atoms with E-state index in [4.69, 9.17) is 4.74 Å². The number of benzene rings is 2.